The lowest BCUT2D eigenvalue weighted by atomic mass is 10.1. The molecule has 0 spiro atoms. The molecule has 6 heteroatoms. The summed E-state index contributed by atoms with van der Waals surface area (Å²) in [5.41, 5.74) is 2.51. The lowest BCUT2D eigenvalue weighted by Gasteiger charge is -2.30. The van der Waals surface area contributed by atoms with Crippen LogP contribution in [-0.4, -0.2) is 18.4 Å². The van der Waals surface area contributed by atoms with Crippen molar-refractivity contribution in [1.82, 2.24) is 5.32 Å². The molecule has 0 bridgehead atoms. The highest BCUT2D eigenvalue weighted by molar-refractivity contribution is 8.04. The summed E-state index contributed by atoms with van der Waals surface area (Å²) in [5, 5.41) is 3.56. The lowest BCUT2D eigenvalue weighted by molar-refractivity contribution is -0.122. The molecule has 1 unspecified atom stereocenters. The molecule has 1 heterocycles. The Morgan fingerprint density at radius 2 is 1.71 bits per heavy atom. The van der Waals surface area contributed by atoms with Crippen molar-refractivity contribution in [2.24, 2.45) is 0 Å². The second kappa shape index (κ2) is 9.41. The van der Waals surface area contributed by atoms with Crippen molar-refractivity contribution in [3.05, 3.63) is 99.9 Å². The van der Waals surface area contributed by atoms with E-state index in [1.165, 1.54) is 16.7 Å². The minimum Gasteiger partial charge on any atom is -0.348 e. The van der Waals surface area contributed by atoms with Crippen molar-refractivity contribution in [1.29, 1.82) is 0 Å². The summed E-state index contributed by atoms with van der Waals surface area (Å²) in [7, 11) is 0. The van der Waals surface area contributed by atoms with Crippen molar-refractivity contribution in [3.63, 3.8) is 0 Å². The summed E-state index contributed by atoms with van der Waals surface area (Å²) >= 11 is 7.67. The highest BCUT2D eigenvalue weighted by Crippen LogP contribution is 2.42. The number of halogens is 1. The molecule has 1 aliphatic rings. The minimum absolute atomic E-state index is 0.0621. The average molecular weight is 449 g/mol. The van der Waals surface area contributed by atoms with Crippen LogP contribution in [0.25, 0.3) is 6.08 Å². The molecule has 4 rings (SSSR count). The molecule has 0 saturated carbocycles. The van der Waals surface area contributed by atoms with E-state index in [9.17, 15) is 9.59 Å². The largest absolute Gasteiger partial charge is 0.348 e. The van der Waals surface area contributed by atoms with Crippen molar-refractivity contribution in [2.45, 2.75) is 17.9 Å². The second-order valence-electron chi connectivity index (χ2n) is 7.19. The number of hydrogen-bond acceptors (Lipinski definition) is 3. The molecule has 4 nitrogen and oxygen atoms in total. The van der Waals surface area contributed by atoms with E-state index in [1.54, 1.807) is 12.1 Å². The fraction of sp³-hybridized carbons (Fsp3) is 0.120. The van der Waals surface area contributed by atoms with Gasteiger partial charge in [0.1, 0.15) is 6.54 Å². The number of carbonyl (C=O) groups excluding carboxylic acids is 2. The van der Waals surface area contributed by atoms with Crippen LogP contribution < -0.4 is 10.2 Å². The highest BCUT2D eigenvalue weighted by atomic mass is 35.5. The Morgan fingerprint density at radius 3 is 2.48 bits per heavy atom. The smallest absolute Gasteiger partial charge is 0.265 e. The van der Waals surface area contributed by atoms with E-state index in [-0.39, 0.29) is 24.4 Å². The Morgan fingerprint density at radius 1 is 1.03 bits per heavy atom. The Hall–Kier alpha value is -3.02. The van der Waals surface area contributed by atoms with Crippen molar-refractivity contribution >= 4 is 46.9 Å². The molecular weight excluding hydrogens is 428 g/mol. The molecule has 0 radical (unpaired) electrons. The zero-order valence-electron chi connectivity index (χ0n) is 16.9. The third-order valence-electron chi connectivity index (χ3n) is 5.00. The number of rotatable bonds is 5. The van der Waals surface area contributed by atoms with Gasteiger partial charge in [0.15, 0.2) is 0 Å². The quantitative estimate of drug-likeness (QED) is 0.509. The van der Waals surface area contributed by atoms with Gasteiger partial charge in [-0.05, 0) is 42.3 Å². The standard InChI is InChI=1S/C25H21ClN2O2S/c1-17(18-9-3-2-4-10-18)27-24(29)16-28-21-13-7-8-14-22(21)31-23(25(28)30)15-19-11-5-6-12-20(19)26/h2-15,17H,16H2,1H3,(H,27,29)/b23-15+. The number of nitrogens with zero attached hydrogens (tertiary/aromatic N) is 1. The Balaban J connectivity index is 1.59. The van der Waals surface area contributed by atoms with E-state index in [2.05, 4.69) is 5.32 Å². The number of fused-ring (bicyclic) bond motifs is 1. The van der Waals surface area contributed by atoms with E-state index in [1.807, 2.05) is 79.7 Å². The van der Waals surface area contributed by atoms with Gasteiger partial charge >= 0.3 is 0 Å². The number of hydrogen-bond donors (Lipinski definition) is 1. The van der Waals surface area contributed by atoms with E-state index in [0.29, 0.717) is 9.93 Å². The highest BCUT2D eigenvalue weighted by Gasteiger charge is 2.30. The summed E-state index contributed by atoms with van der Waals surface area (Å²) in [5.74, 6) is -0.436. The van der Waals surface area contributed by atoms with Gasteiger partial charge in [-0.25, -0.2) is 0 Å². The minimum atomic E-state index is -0.219. The molecule has 1 aliphatic heterocycles. The van der Waals surface area contributed by atoms with Gasteiger partial charge in [-0.3, -0.25) is 14.5 Å². The number of benzene rings is 3. The van der Waals surface area contributed by atoms with Gasteiger partial charge < -0.3 is 5.32 Å². The summed E-state index contributed by atoms with van der Waals surface area (Å²) in [4.78, 5) is 29.1. The Bertz CT molecular complexity index is 1150. The third-order valence-corrected chi connectivity index (χ3v) is 6.42. The molecule has 156 valence electrons. The van der Waals surface area contributed by atoms with Gasteiger partial charge in [0.05, 0.1) is 16.6 Å². The van der Waals surface area contributed by atoms with Crippen LogP contribution in [0, 0.1) is 0 Å². The van der Waals surface area contributed by atoms with E-state index < -0.39 is 0 Å². The first kappa shape index (κ1) is 21.2. The predicted molar refractivity (Wildman–Crippen MR) is 127 cm³/mol. The molecular formula is C25H21ClN2O2S. The first-order valence-electron chi connectivity index (χ1n) is 9.92. The van der Waals surface area contributed by atoms with Gasteiger partial charge in [0, 0.05) is 9.92 Å². The fourth-order valence-electron chi connectivity index (χ4n) is 3.41. The van der Waals surface area contributed by atoms with E-state index >= 15 is 0 Å². The molecule has 0 aliphatic carbocycles. The van der Waals surface area contributed by atoms with Gasteiger partial charge in [-0.1, -0.05) is 84.0 Å². The number of anilines is 1. The molecule has 2 amide bonds. The predicted octanol–water partition coefficient (Wildman–Crippen LogP) is 5.70. The topological polar surface area (TPSA) is 49.4 Å². The number of nitrogens with one attached hydrogen (secondary N) is 1. The first-order valence-corrected chi connectivity index (χ1v) is 11.1. The van der Waals surface area contributed by atoms with Crippen LogP contribution in [0.4, 0.5) is 5.69 Å². The van der Waals surface area contributed by atoms with E-state index in [4.69, 9.17) is 11.6 Å². The Kier molecular flexibility index (Phi) is 6.44. The normalized spacial score (nSPS) is 15.5. The van der Waals surface area contributed by atoms with Crippen molar-refractivity contribution in [3.8, 4) is 0 Å². The van der Waals surface area contributed by atoms with Crippen molar-refractivity contribution < 1.29 is 9.59 Å². The summed E-state index contributed by atoms with van der Waals surface area (Å²) in [6.45, 7) is 1.87. The number of thioether (sulfide) groups is 1. The maximum Gasteiger partial charge on any atom is 0.265 e. The molecule has 1 N–H and O–H groups in total. The molecule has 1 atom stereocenters. The van der Waals surface area contributed by atoms with Crippen LogP contribution >= 0.6 is 23.4 Å². The van der Waals surface area contributed by atoms with Crippen LogP contribution in [0.5, 0.6) is 0 Å². The SMILES string of the molecule is CC(NC(=O)CN1C(=O)/C(=C\c2ccccc2Cl)Sc2ccccc21)c1ccccc1. The van der Waals surface area contributed by atoms with Gasteiger partial charge in [0.25, 0.3) is 5.91 Å². The molecule has 0 saturated heterocycles. The molecule has 3 aromatic carbocycles. The third kappa shape index (κ3) is 4.84. The molecule has 0 fully saturated rings. The number of para-hydroxylation sites is 1. The van der Waals surface area contributed by atoms with Crippen LogP contribution in [0.2, 0.25) is 5.02 Å². The maximum atomic E-state index is 13.3. The summed E-state index contributed by atoms with van der Waals surface area (Å²) in [6.07, 6.45) is 1.78. The van der Waals surface area contributed by atoms with E-state index in [0.717, 1.165) is 21.7 Å². The van der Waals surface area contributed by atoms with Gasteiger partial charge in [-0.15, -0.1) is 0 Å². The van der Waals surface area contributed by atoms with Crippen LogP contribution in [-0.2, 0) is 9.59 Å². The van der Waals surface area contributed by atoms with Crippen molar-refractivity contribution in [2.75, 3.05) is 11.4 Å². The lowest BCUT2D eigenvalue weighted by Crippen LogP contribution is -2.43. The Labute approximate surface area is 190 Å². The molecule has 3 aromatic rings. The second-order valence-corrected chi connectivity index (χ2v) is 8.68. The average Bonchev–Trinajstić information content (AvgIpc) is 2.78. The van der Waals surface area contributed by atoms with Gasteiger partial charge in [0.2, 0.25) is 5.91 Å². The number of carbonyl (C=O) groups is 2. The molecule has 0 aromatic heterocycles. The first-order chi connectivity index (χ1) is 15.0. The van der Waals surface area contributed by atoms with Crippen LogP contribution in [0.1, 0.15) is 24.1 Å². The zero-order chi connectivity index (χ0) is 21.8. The van der Waals surface area contributed by atoms with Crippen LogP contribution in [0.3, 0.4) is 0 Å². The summed E-state index contributed by atoms with van der Waals surface area (Å²) < 4.78 is 0. The molecule has 31 heavy (non-hydrogen) atoms. The maximum absolute atomic E-state index is 13.3. The fourth-order valence-corrected chi connectivity index (χ4v) is 4.65. The number of amides is 2. The zero-order valence-corrected chi connectivity index (χ0v) is 18.5. The monoisotopic (exact) mass is 448 g/mol. The van der Waals surface area contributed by atoms with Gasteiger partial charge in [-0.2, -0.15) is 0 Å². The summed E-state index contributed by atoms with van der Waals surface area (Å²) in [6, 6.07) is 24.6. The van der Waals surface area contributed by atoms with Crippen LogP contribution in [0.15, 0.2) is 88.7 Å².